The first kappa shape index (κ1) is 19.7. The minimum atomic E-state index is -0.261. The monoisotopic (exact) mass is 389 g/mol. The molecular formula is C19H27N5O2S. The van der Waals surface area contributed by atoms with Crippen molar-refractivity contribution in [2.75, 3.05) is 20.2 Å². The molecule has 2 heterocycles. The van der Waals surface area contributed by atoms with Gasteiger partial charge in [0.1, 0.15) is 11.4 Å². The van der Waals surface area contributed by atoms with Gasteiger partial charge in [0, 0.05) is 13.1 Å². The molecule has 0 aliphatic carbocycles. The van der Waals surface area contributed by atoms with E-state index in [0.29, 0.717) is 22.7 Å². The van der Waals surface area contributed by atoms with E-state index in [-0.39, 0.29) is 11.2 Å². The SMILES string of the molecule is COc1ccc(C)cc1-n1nnnc1SC(C)C(=O)N1CC(C)CC(C)C1. The van der Waals surface area contributed by atoms with Crippen molar-refractivity contribution in [2.24, 2.45) is 11.8 Å². The number of hydrogen-bond donors (Lipinski definition) is 0. The smallest absolute Gasteiger partial charge is 0.235 e. The van der Waals surface area contributed by atoms with Crippen LogP contribution in [0.2, 0.25) is 0 Å². The Kier molecular flexibility index (Phi) is 6.04. The Morgan fingerprint density at radius 2 is 2.00 bits per heavy atom. The maximum Gasteiger partial charge on any atom is 0.235 e. The van der Waals surface area contributed by atoms with E-state index in [1.54, 1.807) is 11.8 Å². The number of nitrogens with zero attached hydrogens (tertiary/aromatic N) is 5. The summed E-state index contributed by atoms with van der Waals surface area (Å²) < 4.78 is 7.09. The molecule has 146 valence electrons. The van der Waals surface area contributed by atoms with Gasteiger partial charge in [-0.15, -0.1) is 5.10 Å². The topological polar surface area (TPSA) is 73.1 Å². The maximum absolute atomic E-state index is 12.9. The molecule has 1 amide bonds. The Hall–Kier alpha value is -2.09. The minimum absolute atomic E-state index is 0.143. The zero-order chi connectivity index (χ0) is 19.6. The summed E-state index contributed by atoms with van der Waals surface area (Å²) in [5.74, 6) is 1.91. The van der Waals surface area contributed by atoms with E-state index < -0.39 is 0 Å². The number of aryl methyl sites for hydroxylation is 1. The summed E-state index contributed by atoms with van der Waals surface area (Å²) >= 11 is 1.38. The highest BCUT2D eigenvalue weighted by molar-refractivity contribution is 8.00. The number of ether oxygens (including phenoxy) is 1. The summed E-state index contributed by atoms with van der Waals surface area (Å²) in [6.45, 7) is 9.99. The molecule has 7 nitrogen and oxygen atoms in total. The van der Waals surface area contributed by atoms with Crippen molar-refractivity contribution >= 4 is 17.7 Å². The van der Waals surface area contributed by atoms with Crippen molar-refractivity contribution in [1.29, 1.82) is 0 Å². The van der Waals surface area contributed by atoms with E-state index >= 15 is 0 Å². The number of piperidine rings is 1. The standard InChI is InChI=1S/C19H27N5O2S/c1-12-6-7-17(26-5)16(9-12)24-19(20-21-22-24)27-15(4)18(25)23-10-13(2)8-14(3)11-23/h6-7,9,13-15H,8,10-11H2,1-5H3. The van der Waals surface area contributed by atoms with Crippen LogP contribution in [0.25, 0.3) is 5.69 Å². The van der Waals surface area contributed by atoms with Gasteiger partial charge in [-0.2, -0.15) is 4.68 Å². The van der Waals surface area contributed by atoms with E-state index in [2.05, 4.69) is 29.4 Å². The van der Waals surface area contributed by atoms with Gasteiger partial charge in [-0.25, -0.2) is 0 Å². The average Bonchev–Trinajstić information content (AvgIpc) is 3.08. The van der Waals surface area contributed by atoms with E-state index in [9.17, 15) is 4.79 Å². The molecule has 1 aliphatic rings. The fourth-order valence-electron chi connectivity index (χ4n) is 3.68. The molecule has 3 unspecified atom stereocenters. The summed E-state index contributed by atoms with van der Waals surface area (Å²) in [5, 5.41) is 12.4. The highest BCUT2D eigenvalue weighted by Gasteiger charge is 2.30. The molecule has 1 fully saturated rings. The van der Waals surface area contributed by atoms with Gasteiger partial charge in [0.15, 0.2) is 0 Å². The van der Waals surface area contributed by atoms with Crippen LogP contribution in [0.1, 0.15) is 32.8 Å². The quantitative estimate of drug-likeness (QED) is 0.732. The predicted octanol–water partition coefficient (Wildman–Crippen LogP) is 2.96. The number of carbonyl (C=O) groups excluding carboxylic acids is 1. The number of methoxy groups -OCH3 is 1. The first-order chi connectivity index (χ1) is 12.9. The van der Waals surface area contributed by atoms with E-state index in [4.69, 9.17) is 4.74 Å². The van der Waals surface area contributed by atoms with Gasteiger partial charge in [-0.3, -0.25) is 4.79 Å². The molecule has 0 bridgehead atoms. The minimum Gasteiger partial charge on any atom is -0.494 e. The van der Waals surface area contributed by atoms with Crippen LogP contribution < -0.4 is 4.74 Å². The normalized spacial score (nSPS) is 21.1. The zero-order valence-electron chi connectivity index (χ0n) is 16.5. The molecule has 8 heteroatoms. The number of hydrogen-bond acceptors (Lipinski definition) is 6. The molecule has 0 spiro atoms. The predicted molar refractivity (Wildman–Crippen MR) is 105 cm³/mol. The van der Waals surface area contributed by atoms with Gasteiger partial charge < -0.3 is 9.64 Å². The molecule has 3 atom stereocenters. The van der Waals surface area contributed by atoms with Crippen LogP contribution in [0.5, 0.6) is 5.75 Å². The third-order valence-electron chi connectivity index (χ3n) is 4.81. The van der Waals surface area contributed by atoms with Gasteiger partial charge >= 0.3 is 0 Å². The fraction of sp³-hybridized carbons (Fsp3) is 0.579. The molecule has 1 aromatic carbocycles. The van der Waals surface area contributed by atoms with Crippen LogP contribution in [-0.4, -0.2) is 56.5 Å². The van der Waals surface area contributed by atoms with Crippen molar-refractivity contribution in [3.63, 3.8) is 0 Å². The number of tetrazole rings is 1. The lowest BCUT2D eigenvalue weighted by molar-refractivity contribution is -0.132. The number of aromatic nitrogens is 4. The number of rotatable bonds is 5. The number of carbonyl (C=O) groups is 1. The third kappa shape index (κ3) is 4.43. The maximum atomic E-state index is 12.9. The first-order valence-electron chi connectivity index (χ1n) is 9.27. The van der Waals surface area contributed by atoms with E-state index in [1.807, 2.05) is 36.9 Å². The molecule has 2 aromatic rings. The lowest BCUT2D eigenvalue weighted by Crippen LogP contribution is -2.45. The van der Waals surface area contributed by atoms with Gasteiger partial charge in [-0.05, 0) is 60.2 Å². The second-order valence-corrected chi connectivity index (χ2v) is 8.81. The molecule has 0 N–H and O–H groups in total. The molecule has 0 saturated carbocycles. The fourth-order valence-corrected chi connectivity index (χ4v) is 4.56. The van der Waals surface area contributed by atoms with Crippen LogP contribution in [-0.2, 0) is 4.79 Å². The summed E-state index contributed by atoms with van der Waals surface area (Å²) in [6.07, 6.45) is 1.18. The van der Waals surface area contributed by atoms with Gasteiger partial charge in [0.25, 0.3) is 0 Å². The number of thioether (sulfide) groups is 1. The van der Waals surface area contributed by atoms with Crippen LogP contribution in [0, 0.1) is 18.8 Å². The molecular weight excluding hydrogens is 362 g/mol. The van der Waals surface area contributed by atoms with Gasteiger partial charge in [-0.1, -0.05) is 31.7 Å². The second-order valence-electron chi connectivity index (χ2n) is 7.50. The second kappa shape index (κ2) is 8.29. The van der Waals surface area contributed by atoms with Crippen molar-refractivity contribution in [3.05, 3.63) is 23.8 Å². The summed E-state index contributed by atoms with van der Waals surface area (Å²) in [4.78, 5) is 14.9. The first-order valence-corrected chi connectivity index (χ1v) is 10.2. The van der Waals surface area contributed by atoms with Crippen molar-refractivity contribution in [1.82, 2.24) is 25.1 Å². The van der Waals surface area contributed by atoms with E-state index in [0.717, 1.165) is 24.3 Å². The molecule has 3 rings (SSSR count). The highest BCUT2D eigenvalue weighted by atomic mass is 32.2. The molecule has 27 heavy (non-hydrogen) atoms. The highest BCUT2D eigenvalue weighted by Crippen LogP contribution is 2.30. The Labute approximate surface area is 164 Å². The Balaban J connectivity index is 1.78. The van der Waals surface area contributed by atoms with Crippen molar-refractivity contribution in [3.8, 4) is 11.4 Å². The lowest BCUT2D eigenvalue weighted by atomic mass is 9.92. The van der Waals surface area contributed by atoms with Crippen molar-refractivity contribution in [2.45, 2.75) is 44.5 Å². The summed E-state index contributed by atoms with van der Waals surface area (Å²) in [7, 11) is 1.62. The van der Waals surface area contributed by atoms with Crippen LogP contribution in [0.3, 0.4) is 0 Å². The Morgan fingerprint density at radius 3 is 2.67 bits per heavy atom. The van der Waals surface area contributed by atoms with Crippen LogP contribution >= 0.6 is 11.8 Å². The molecule has 0 radical (unpaired) electrons. The number of amides is 1. The summed E-state index contributed by atoms with van der Waals surface area (Å²) in [5.41, 5.74) is 1.85. The third-order valence-corrected chi connectivity index (χ3v) is 5.83. The largest absolute Gasteiger partial charge is 0.494 e. The van der Waals surface area contributed by atoms with E-state index in [1.165, 1.54) is 18.2 Å². The van der Waals surface area contributed by atoms with Crippen molar-refractivity contribution < 1.29 is 9.53 Å². The van der Waals surface area contributed by atoms with Gasteiger partial charge in [0.05, 0.1) is 12.4 Å². The lowest BCUT2D eigenvalue weighted by Gasteiger charge is -2.36. The summed E-state index contributed by atoms with van der Waals surface area (Å²) in [6, 6.07) is 5.84. The Morgan fingerprint density at radius 1 is 1.30 bits per heavy atom. The average molecular weight is 390 g/mol. The van der Waals surface area contributed by atoms with Gasteiger partial charge in [0.2, 0.25) is 11.1 Å². The number of likely N-dealkylation sites (tertiary alicyclic amines) is 1. The van der Waals surface area contributed by atoms with Crippen LogP contribution in [0.4, 0.5) is 0 Å². The number of benzene rings is 1. The molecule has 1 saturated heterocycles. The zero-order valence-corrected chi connectivity index (χ0v) is 17.4. The molecule has 1 aromatic heterocycles. The molecule has 1 aliphatic heterocycles. The Bertz CT molecular complexity index is 799. The van der Waals surface area contributed by atoms with Crippen LogP contribution in [0.15, 0.2) is 23.4 Å².